The Kier molecular flexibility index (Phi) is 8.16. The van der Waals surface area contributed by atoms with Gasteiger partial charge < -0.3 is 21.8 Å². The van der Waals surface area contributed by atoms with Gasteiger partial charge in [0.1, 0.15) is 0 Å². The van der Waals surface area contributed by atoms with E-state index in [1.807, 2.05) is 91.0 Å². The maximum absolute atomic E-state index is 12.3. The molecule has 36 heavy (non-hydrogen) atoms. The zero-order valence-corrected chi connectivity index (χ0v) is 20.7. The molecule has 1 heterocycles. The third-order valence-electron chi connectivity index (χ3n) is 5.44. The molecule has 0 radical (unpaired) electrons. The Morgan fingerprint density at radius 2 is 1.78 bits per heavy atom. The van der Waals surface area contributed by atoms with Gasteiger partial charge in [-0.1, -0.05) is 42.1 Å². The second-order valence-corrected chi connectivity index (χ2v) is 9.10. The summed E-state index contributed by atoms with van der Waals surface area (Å²) in [7, 11) is 1.63. The summed E-state index contributed by atoms with van der Waals surface area (Å²) in [4.78, 5) is 18.4. The molecule has 0 saturated heterocycles. The smallest absolute Gasteiger partial charge is 0.252 e. The molecule has 1 amide bonds. The molecule has 7 heteroatoms. The molecule has 1 aromatic heterocycles. The van der Waals surface area contributed by atoms with E-state index in [1.165, 1.54) is 11.8 Å². The third-order valence-corrected chi connectivity index (χ3v) is 6.50. The van der Waals surface area contributed by atoms with Crippen LogP contribution in [0.5, 0.6) is 0 Å². The van der Waals surface area contributed by atoms with Crippen LogP contribution in [0.15, 0.2) is 107 Å². The maximum atomic E-state index is 12.3. The Bertz CT molecular complexity index is 1380. The Labute approximate surface area is 215 Å². The molecular formula is C29H27N5OS. The minimum Gasteiger partial charge on any atom is -0.399 e. The highest BCUT2D eigenvalue weighted by Crippen LogP contribution is 2.33. The van der Waals surface area contributed by atoms with Crippen LogP contribution in [0.1, 0.15) is 27.2 Å². The molecule has 4 aromatic rings. The fraction of sp³-hybridized carbons (Fsp3) is 0.0690. The molecular weight excluding hydrogens is 466 g/mol. The van der Waals surface area contributed by atoms with Gasteiger partial charge in [-0.2, -0.15) is 0 Å². The summed E-state index contributed by atoms with van der Waals surface area (Å²) >= 11 is 1.51. The molecule has 0 aliphatic carbocycles. The summed E-state index contributed by atoms with van der Waals surface area (Å²) in [5.74, 6) is -0.127. The minimum atomic E-state index is -0.127. The van der Waals surface area contributed by atoms with Gasteiger partial charge in [0, 0.05) is 46.5 Å². The van der Waals surface area contributed by atoms with E-state index in [-0.39, 0.29) is 5.91 Å². The molecule has 5 N–H and O–H groups in total. The van der Waals surface area contributed by atoms with Crippen LogP contribution in [-0.2, 0) is 6.54 Å². The van der Waals surface area contributed by atoms with E-state index in [1.54, 1.807) is 19.3 Å². The lowest BCUT2D eigenvalue weighted by Crippen LogP contribution is -2.18. The number of hydrogen-bond acceptors (Lipinski definition) is 6. The standard InChI is InChI=1S/C29H27N5OS/c1-32-29(35)25-7-2-3-8-28(25)36-23-14-15-24(26(31)16-13-22-6-4-5-17-33-22)27(18-23)34-19-20-9-11-21(30)12-10-20/h2-18,31,34H,19,30H2,1H3,(H,32,35)/b16-13+,31-26?. The number of aromatic nitrogens is 1. The van der Waals surface area contributed by atoms with Gasteiger partial charge in [-0.05, 0) is 72.3 Å². The fourth-order valence-electron chi connectivity index (χ4n) is 3.54. The van der Waals surface area contributed by atoms with Gasteiger partial charge in [0.25, 0.3) is 5.91 Å². The molecule has 0 atom stereocenters. The van der Waals surface area contributed by atoms with Crippen molar-refractivity contribution in [3.8, 4) is 0 Å². The second-order valence-electron chi connectivity index (χ2n) is 7.98. The molecule has 0 unspecified atom stereocenters. The second kappa shape index (κ2) is 11.9. The number of hydrogen-bond donors (Lipinski definition) is 4. The van der Waals surface area contributed by atoms with E-state index in [2.05, 4.69) is 15.6 Å². The van der Waals surface area contributed by atoms with Crippen molar-refractivity contribution in [3.63, 3.8) is 0 Å². The Morgan fingerprint density at radius 3 is 2.53 bits per heavy atom. The third kappa shape index (κ3) is 6.40. The lowest BCUT2D eigenvalue weighted by Gasteiger charge is -2.15. The monoisotopic (exact) mass is 493 g/mol. The number of nitrogen functional groups attached to an aromatic ring is 1. The molecule has 0 aliphatic heterocycles. The highest BCUT2D eigenvalue weighted by Gasteiger charge is 2.13. The Morgan fingerprint density at radius 1 is 1.00 bits per heavy atom. The summed E-state index contributed by atoms with van der Waals surface area (Å²) in [6.45, 7) is 0.577. The van der Waals surface area contributed by atoms with Gasteiger partial charge in [-0.25, -0.2) is 0 Å². The first-order valence-corrected chi connectivity index (χ1v) is 12.2. The van der Waals surface area contributed by atoms with Gasteiger partial charge in [-0.3, -0.25) is 9.78 Å². The topological polar surface area (TPSA) is 104 Å². The van der Waals surface area contributed by atoms with Crippen LogP contribution >= 0.6 is 11.8 Å². The number of carbonyl (C=O) groups excluding carboxylic acids is 1. The molecule has 0 saturated carbocycles. The number of allylic oxidation sites excluding steroid dienone is 1. The first-order chi connectivity index (χ1) is 17.5. The lowest BCUT2D eigenvalue weighted by atomic mass is 10.1. The van der Waals surface area contributed by atoms with E-state index >= 15 is 0 Å². The molecule has 0 fully saturated rings. The van der Waals surface area contributed by atoms with Crippen LogP contribution in [0, 0.1) is 5.41 Å². The highest BCUT2D eigenvalue weighted by molar-refractivity contribution is 7.99. The zero-order chi connectivity index (χ0) is 25.3. The van der Waals surface area contributed by atoms with Gasteiger partial charge in [0.05, 0.1) is 17.0 Å². The summed E-state index contributed by atoms with van der Waals surface area (Å²) < 4.78 is 0. The summed E-state index contributed by atoms with van der Waals surface area (Å²) in [6, 6.07) is 26.8. The molecule has 4 rings (SSSR count). The van der Waals surface area contributed by atoms with E-state index < -0.39 is 0 Å². The number of carbonyl (C=O) groups is 1. The molecule has 6 nitrogen and oxygen atoms in total. The van der Waals surface area contributed by atoms with Gasteiger partial charge in [0.2, 0.25) is 0 Å². The van der Waals surface area contributed by atoms with Crippen molar-refractivity contribution in [1.29, 1.82) is 5.41 Å². The van der Waals surface area contributed by atoms with Crippen molar-refractivity contribution < 1.29 is 4.79 Å². The van der Waals surface area contributed by atoms with Crippen LogP contribution in [0.25, 0.3) is 6.08 Å². The number of anilines is 2. The van der Waals surface area contributed by atoms with Crippen LogP contribution < -0.4 is 16.4 Å². The van der Waals surface area contributed by atoms with Crippen LogP contribution in [0.3, 0.4) is 0 Å². The van der Waals surface area contributed by atoms with Gasteiger partial charge in [-0.15, -0.1) is 0 Å². The van der Waals surface area contributed by atoms with E-state index in [0.717, 1.165) is 32.3 Å². The van der Waals surface area contributed by atoms with Crippen molar-refractivity contribution in [2.45, 2.75) is 16.3 Å². The number of benzene rings is 3. The molecule has 0 bridgehead atoms. The quantitative estimate of drug-likeness (QED) is 0.172. The van der Waals surface area contributed by atoms with Crippen molar-refractivity contribution in [1.82, 2.24) is 10.3 Å². The predicted octanol–water partition coefficient (Wildman–Crippen LogP) is 5.87. The van der Waals surface area contributed by atoms with E-state index in [0.29, 0.717) is 23.5 Å². The van der Waals surface area contributed by atoms with Crippen molar-refractivity contribution in [3.05, 3.63) is 120 Å². The average molecular weight is 494 g/mol. The predicted molar refractivity (Wildman–Crippen MR) is 149 cm³/mol. The number of rotatable bonds is 9. The van der Waals surface area contributed by atoms with E-state index in [9.17, 15) is 4.79 Å². The summed E-state index contributed by atoms with van der Waals surface area (Å²) in [5, 5.41) is 14.9. The van der Waals surface area contributed by atoms with Crippen molar-refractivity contribution in [2.75, 3.05) is 18.1 Å². The highest BCUT2D eigenvalue weighted by atomic mass is 32.2. The SMILES string of the molecule is CNC(=O)c1ccccc1Sc1ccc(C(=N)/C=C/c2ccccn2)c(NCc2ccc(N)cc2)c1. The van der Waals surface area contributed by atoms with Gasteiger partial charge >= 0.3 is 0 Å². The minimum absolute atomic E-state index is 0.127. The average Bonchev–Trinajstić information content (AvgIpc) is 2.92. The number of amides is 1. The lowest BCUT2D eigenvalue weighted by molar-refractivity contribution is 0.0960. The van der Waals surface area contributed by atoms with Crippen LogP contribution in [-0.4, -0.2) is 23.7 Å². The fourth-order valence-corrected chi connectivity index (χ4v) is 4.52. The number of nitrogens with one attached hydrogen (secondary N) is 3. The largest absolute Gasteiger partial charge is 0.399 e. The number of nitrogens with two attached hydrogens (primary N) is 1. The Hall–Kier alpha value is -4.36. The normalized spacial score (nSPS) is 10.8. The first-order valence-electron chi connectivity index (χ1n) is 11.4. The molecule has 0 aliphatic rings. The van der Waals surface area contributed by atoms with Crippen molar-refractivity contribution >= 4 is 40.8 Å². The van der Waals surface area contributed by atoms with Crippen molar-refractivity contribution in [2.24, 2.45) is 0 Å². The molecule has 180 valence electrons. The maximum Gasteiger partial charge on any atom is 0.252 e. The number of nitrogens with zero attached hydrogens (tertiary/aromatic N) is 1. The van der Waals surface area contributed by atoms with Crippen LogP contribution in [0.2, 0.25) is 0 Å². The first kappa shape index (κ1) is 24.8. The number of pyridine rings is 1. The molecule has 0 spiro atoms. The van der Waals surface area contributed by atoms with Gasteiger partial charge in [0.15, 0.2) is 0 Å². The van der Waals surface area contributed by atoms with E-state index in [4.69, 9.17) is 11.1 Å². The summed E-state index contributed by atoms with van der Waals surface area (Å²) in [5.41, 5.74) is 11.0. The zero-order valence-electron chi connectivity index (χ0n) is 19.9. The molecule has 3 aromatic carbocycles. The Balaban J connectivity index is 1.63. The summed E-state index contributed by atoms with van der Waals surface area (Å²) in [6.07, 6.45) is 5.31. The van der Waals surface area contributed by atoms with Crippen LogP contribution in [0.4, 0.5) is 11.4 Å².